The van der Waals surface area contributed by atoms with E-state index in [-0.39, 0.29) is 5.78 Å². The van der Waals surface area contributed by atoms with Gasteiger partial charge in [-0.15, -0.1) is 11.8 Å². The van der Waals surface area contributed by atoms with Crippen LogP contribution in [0.2, 0.25) is 0 Å². The van der Waals surface area contributed by atoms with Crippen molar-refractivity contribution < 1.29 is 9.53 Å². The van der Waals surface area contributed by atoms with E-state index in [1.54, 1.807) is 18.7 Å². The number of ether oxygens (including phenoxy) is 1. The highest BCUT2D eigenvalue weighted by molar-refractivity contribution is 7.99. The molecule has 88 valence electrons. The maximum absolute atomic E-state index is 11.1. The van der Waals surface area contributed by atoms with Crippen molar-refractivity contribution in [2.45, 2.75) is 25.2 Å². The van der Waals surface area contributed by atoms with E-state index in [2.05, 4.69) is 6.92 Å². The van der Waals surface area contributed by atoms with Gasteiger partial charge in [0, 0.05) is 22.8 Å². The lowest BCUT2D eigenvalue weighted by molar-refractivity contribution is 0.101. The van der Waals surface area contributed by atoms with Crippen molar-refractivity contribution in [2.24, 2.45) is 0 Å². The van der Waals surface area contributed by atoms with Crippen LogP contribution in [0, 0.1) is 0 Å². The molecule has 0 amide bonds. The Bertz CT molecular complexity index is 319. The lowest BCUT2D eigenvalue weighted by Crippen LogP contribution is -1.98. The number of rotatable bonds is 7. The molecule has 0 saturated heterocycles. The standard InChI is InChI=1S/C13H18O2S/c1-3-8-15-9-10-16-13-6-4-12(5-7-13)11(2)14/h4-7H,3,8-10H2,1-2H3. The summed E-state index contributed by atoms with van der Waals surface area (Å²) >= 11 is 1.75. The normalized spacial score (nSPS) is 10.4. The van der Waals surface area contributed by atoms with Gasteiger partial charge in [0.2, 0.25) is 0 Å². The molecule has 2 nitrogen and oxygen atoms in total. The predicted octanol–water partition coefficient (Wildman–Crippen LogP) is 3.41. The molecule has 16 heavy (non-hydrogen) atoms. The van der Waals surface area contributed by atoms with Gasteiger partial charge in [-0.25, -0.2) is 0 Å². The average molecular weight is 238 g/mol. The summed E-state index contributed by atoms with van der Waals surface area (Å²) in [6, 6.07) is 7.72. The van der Waals surface area contributed by atoms with Crippen molar-refractivity contribution in [3.63, 3.8) is 0 Å². The fourth-order valence-electron chi connectivity index (χ4n) is 1.25. The van der Waals surface area contributed by atoms with Gasteiger partial charge in [-0.3, -0.25) is 4.79 Å². The Balaban J connectivity index is 2.29. The molecule has 0 aliphatic rings. The van der Waals surface area contributed by atoms with Gasteiger partial charge in [0.25, 0.3) is 0 Å². The Labute approximate surface area is 101 Å². The van der Waals surface area contributed by atoms with E-state index in [9.17, 15) is 4.79 Å². The number of ketones is 1. The topological polar surface area (TPSA) is 26.3 Å². The van der Waals surface area contributed by atoms with Gasteiger partial charge in [-0.2, -0.15) is 0 Å². The monoisotopic (exact) mass is 238 g/mol. The van der Waals surface area contributed by atoms with E-state index in [0.717, 1.165) is 31.0 Å². The molecule has 0 fully saturated rings. The van der Waals surface area contributed by atoms with Crippen molar-refractivity contribution in [3.8, 4) is 0 Å². The van der Waals surface area contributed by atoms with Gasteiger partial charge in [0.15, 0.2) is 5.78 Å². The minimum Gasteiger partial charge on any atom is -0.381 e. The second-order valence-corrected chi connectivity index (χ2v) is 4.71. The average Bonchev–Trinajstić information content (AvgIpc) is 2.29. The van der Waals surface area contributed by atoms with E-state index in [1.165, 1.54) is 4.90 Å². The minimum atomic E-state index is 0.114. The summed E-state index contributed by atoms with van der Waals surface area (Å²) < 4.78 is 5.39. The van der Waals surface area contributed by atoms with Gasteiger partial charge in [0.05, 0.1) is 6.61 Å². The quantitative estimate of drug-likeness (QED) is 0.414. The summed E-state index contributed by atoms with van der Waals surface area (Å²) in [5.74, 6) is 1.07. The Morgan fingerprint density at radius 3 is 2.50 bits per heavy atom. The Morgan fingerprint density at radius 2 is 1.94 bits per heavy atom. The van der Waals surface area contributed by atoms with Crippen LogP contribution in [0.1, 0.15) is 30.6 Å². The van der Waals surface area contributed by atoms with Crippen LogP contribution in [0.25, 0.3) is 0 Å². The molecule has 0 unspecified atom stereocenters. The number of thioether (sulfide) groups is 1. The number of carbonyl (C=O) groups excluding carboxylic acids is 1. The second kappa shape index (κ2) is 7.47. The van der Waals surface area contributed by atoms with Crippen molar-refractivity contribution in [1.29, 1.82) is 0 Å². The molecule has 0 bridgehead atoms. The smallest absolute Gasteiger partial charge is 0.159 e. The zero-order valence-corrected chi connectivity index (χ0v) is 10.7. The molecular formula is C13H18O2S. The maximum atomic E-state index is 11.1. The van der Waals surface area contributed by atoms with Crippen LogP contribution in [0.5, 0.6) is 0 Å². The number of carbonyl (C=O) groups is 1. The molecule has 0 spiro atoms. The molecule has 0 aromatic heterocycles. The first-order valence-corrected chi connectivity index (χ1v) is 6.54. The molecule has 0 N–H and O–H groups in total. The predicted molar refractivity (Wildman–Crippen MR) is 68.3 cm³/mol. The fraction of sp³-hybridized carbons (Fsp3) is 0.462. The molecule has 0 saturated carbocycles. The largest absolute Gasteiger partial charge is 0.381 e. The number of hydrogen-bond donors (Lipinski definition) is 0. The van der Waals surface area contributed by atoms with E-state index in [4.69, 9.17) is 4.74 Å². The highest BCUT2D eigenvalue weighted by Crippen LogP contribution is 2.18. The third-order valence-corrected chi connectivity index (χ3v) is 3.08. The summed E-state index contributed by atoms with van der Waals surface area (Å²) in [7, 11) is 0. The molecule has 0 atom stereocenters. The van der Waals surface area contributed by atoms with Crippen LogP contribution < -0.4 is 0 Å². The SMILES string of the molecule is CCCOCCSc1ccc(C(C)=O)cc1. The highest BCUT2D eigenvalue weighted by Gasteiger charge is 1.99. The zero-order chi connectivity index (χ0) is 11.8. The summed E-state index contributed by atoms with van der Waals surface area (Å²) in [5.41, 5.74) is 0.770. The molecule has 1 aromatic rings. The molecule has 0 aliphatic heterocycles. The Morgan fingerprint density at radius 1 is 1.25 bits per heavy atom. The van der Waals surface area contributed by atoms with Crippen molar-refractivity contribution in [3.05, 3.63) is 29.8 Å². The molecular weight excluding hydrogens is 220 g/mol. The second-order valence-electron chi connectivity index (χ2n) is 3.54. The number of Topliss-reactive ketones (excluding diaryl/α,β-unsaturated/α-hetero) is 1. The number of hydrogen-bond acceptors (Lipinski definition) is 3. The first-order chi connectivity index (χ1) is 7.74. The molecule has 1 aromatic carbocycles. The molecule has 1 rings (SSSR count). The van der Waals surface area contributed by atoms with Gasteiger partial charge < -0.3 is 4.74 Å². The Kier molecular flexibility index (Phi) is 6.19. The van der Waals surface area contributed by atoms with Gasteiger partial charge in [-0.1, -0.05) is 19.1 Å². The number of benzene rings is 1. The summed E-state index contributed by atoms with van der Waals surface area (Å²) in [5, 5.41) is 0. The van der Waals surface area contributed by atoms with E-state index in [1.807, 2.05) is 24.3 Å². The van der Waals surface area contributed by atoms with Crippen LogP contribution in [0.3, 0.4) is 0 Å². The van der Waals surface area contributed by atoms with E-state index >= 15 is 0 Å². The molecule has 0 radical (unpaired) electrons. The van der Waals surface area contributed by atoms with Crippen LogP contribution in [-0.2, 0) is 4.74 Å². The molecule has 0 aliphatic carbocycles. The van der Waals surface area contributed by atoms with Gasteiger partial charge >= 0.3 is 0 Å². The van der Waals surface area contributed by atoms with Crippen LogP contribution >= 0.6 is 11.8 Å². The third-order valence-electron chi connectivity index (χ3n) is 2.11. The van der Waals surface area contributed by atoms with Crippen molar-refractivity contribution in [1.82, 2.24) is 0 Å². The van der Waals surface area contributed by atoms with E-state index < -0.39 is 0 Å². The summed E-state index contributed by atoms with van der Waals surface area (Å²) in [6.45, 7) is 5.31. The minimum absolute atomic E-state index is 0.114. The Hall–Kier alpha value is -0.800. The summed E-state index contributed by atoms with van der Waals surface area (Å²) in [6.07, 6.45) is 1.07. The first-order valence-electron chi connectivity index (χ1n) is 5.55. The van der Waals surface area contributed by atoms with E-state index in [0.29, 0.717) is 0 Å². The lowest BCUT2D eigenvalue weighted by Gasteiger charge is -2.03. The van der Waals surface area contributed by atoms with Crippen molar-refractivity contribution in [2.75, 3.05) is 19.0 Å². The van der Waals surface area contributed by atoms with Crippen LogP contribution in [-0.4, -0.2) is 24.7 Å². The lowest BCUT2D eigenvalue weighted by atomic mass is 10.2. The van der Waals surface area contributed by atoms with Gasteiger partial charge in [-0.05, 0) is 25.5 Å². The fourth-order valence-corrected chi connectivity index (χ4v) is 2.02. The maximum Gasteiger partial charge on any atom is 0.159 e. The highest BCUT2D eigenvalue weighted by atomic mass is 32.2. The third kappa shape index (κ3) is 4.81. The van der Waals surface area contributed by atoms with Crippen molar-refractivity contribution >= 4 is 17.5 Å². The zero-order valence-electron chi connectivity index (χ0n) is 9.86. The summed E-state index contributed by atoms with van der Waals surface area (Å²) in [4.78, 5) is 12.2. The van der Waals surface area contributed by atoms with Crippen LogP contribution in [0.15, 0.2) is 29.2 Å². The van der Waals surface area contributed by atoms with Crippen LogP contribution in [0.4, 0.5) is 0 Å². The van der Waals surface area contributed by atoms with Gasteiger partial charge in [0.1, 0.15) is 0 Å². The molecule has 3 heteroatoms. The first kappa shape index (κ1) is 13.3. The molecule has 0 heterocycles.